The van der Waals surface area contributed by atoms with Crippen LogP contribution >= 0.6 is 11.8 Å². The number of rotatable bonds is 5. The van der Waals surface area contributed by atoms with E-state index in [2.05, 4.69) is 11.7 Å². The summed E-state index contributed by atoms with van der Waals surface area (Å²) in [7, 11) is 0. The SMILES string of the molecule is C=CCN1C(=O)N(c2cc(C(C)(C)SC)no2)C(O)C1O. The highest BCUT2D eigenvalue weighted by Gasteiger charge is 2.46. The Morgan fingerprint density at radius 3 is 2.76 bits per heavy atom. The molecule has 0 spiro atoms. The van der Waals surface area contributed by atoms with Crippen molar-refractivity contribution in [2.45, 2.75) is 31.1 Å². The van der Waals surface area contributed by atoms with E-state index in [0.717, 1.165) is 9.80 Å². The fraction of sp³-hybridized carbons (Fsp3) is 0.538. The summed E-state index contributed by atoms with van der Waals surface area (Å²) < 4.78 is 4.89. The van der Waals surface area contributed by atoms with Gasteiger partial charge >= 0.3 is 6.03 Å². The van der Waals surface area contributed by atoms with E-state index in [0.29, 0.717) is 5.69 Å². The van der Waals surface area contributed by atoms with Gasteiger partial charge in [0.25, 0.3) is 0 Å². The maximum Gasteiger partial charge on any atom is 0.331 e. The normalized spacial score (nSPS) is 23.0. The van der Waals surface area contributed by atoms with E-state index < -0.39 is 18.5 Å². The monoisotopic (exact) mass is 313 g/mol. The predicted octanol–water partition coefficient (Wildman–Crippen LogP) is 1.34. The Hall–Kier alpha value is -1.51. The Morgan fingerprint density at radius 1 is 1.52 bits per heavy atom. The van der Waals surface area contributed by atoms with Gasteiger partial charge in [-0.15, -0.1) is 6.58 Å². The van der Waals surface area contributed by atoms with E-state index >= 15 is 0 Å². The van der Waals surface area contributed by atoms with Crippen molar-refractivity contribution in [3.63, 3.8) is 0 Å². The summed E-state index contributed by atoms with van der Waals surface area (Å²) in [6.45, 7) is 7.59. The van der Waals surface area contributed by atoms with Crippen molar-refractivity contribution in [1.82, 2.24) is 10.1 Å². The van der Waals surface area contributed by atoms with Crippen LogP contribution in [0.25, 0.3) is 0 Å². The first-order valence-corrected chi connectivity index (χ1v) is 7.65. The van der Waals surface area contributed by atoms with E-state index in [1.54, 1.807) is 17.8 Å². The van der Waals surface area contributed by atoms with Crippen molar-refractivity contribution < 1.29 is 19.5 Å². The first-order valence-electron chi connectivity index (χ1n) is 6.42. The Balaban J connectivity index is 2.30. The number of nitrogens with zero attached hydrogens (tertiary/aromatic N) is 3. The van der Waals surface area contributed by atoms with Crippen LogP contribution in [0.15, 0.2) is 23.2 Å². The van der Waals surface area contributed by atoms with Crippen molar-refractivity contribution >= 4 is 23.7 Å². The van der Waals surface area contributed by atoms with Crippen LogP contribution in [-0.2, 0) is 4.75 Å². The molecule has 2 unspecified atom stereocenters. The summed E-state index contributed by atoms with van der Waals surface area (Å²) in [6, 6.07) is 1.04. The first-order chi connectivity index (χ1) is 9.83. The van der Waals surface area contributed by atoms with Gasteiger partial charge in [-0.05, 0) is 20.1 Å². The third-order valence-electron chi connectivity index (χ3n) is 3.49. The summed E-state index contributed by atoms with van der Waals surface area (Å²) in [5.41, 5.74) is 0.654. The molecule has 2 amide bonds. The van der Waals surface area contributed by atoms with Crippen molar-refractivity contribution in [3.05, 3.63) is 24.4 Å². The first kappa shape index (κ1) is 15.9. The molecule has 1 saturated heterocycles. The minimum atomic E-state index is -1.41. The van der Waals surface area contributed by atoms with Crippen LogP contribution in [0.3, 0.4) is 0 Å². The molecule has 0 radical (unpaired) electrons. The number of hydrogen-bond acceptors (Lipinski definition) is 6. The van der Waals surface area contributed by atoms with E-state index in [1.807, 2.05) is 20.1 Å². The lowest BCUT2D eigenvalue weighted by atomic mass is 10.1. The zero-order chi connectivity index (χ0) is 15.8. The average Bonchev–Trinajstić information content (AvgIpc) is 3.00. The third kappa shape index (κ3) is 2.66. The van der Waals surface area contributed by atoms with Gasteiger partial charge in [-0.2, -0.15) is 11.8 Å². The molecule has 116 valence electrons. The number of urea groups is 1. The number of aliphatic hydroxyl groups excluding tert-OH is 2. The van der Waals surface area contributed by atoms with Crippen molar-refractivity contribution in [3.8, 4) is 0 Å². The van der Waals surface area contributed by atoms with Gasteiger partial charge in [-0.25, -0.2) is 9.69 Å². The molecule has 0 saturated carbocycles. The van der Waals surface area contributed by atoms with Crippen LogP contribution in [0, 0.1) is 0 Å². The van der Waals surface area contributed by atoms with Crippen LogP contribution < -0.4 is 4.90 Å². The molecule has 1 aromatic heterocycles. The lowest BCUT2D eigenvalue weighted by Gasteiger charge is -2.18. The molecule has 2 atom stereocenters. The molecule has 8 heteroatoms. The van der Waals surface area contributed by atoms with Crippen LogP contribution in [0.2, 0.25) is 0 Å². The van der Waals surface area contributed by atoms with Gasteiger partial charge < -0.3 is 14.7 Å². The summed E-state index contributed by atoms with van der Waals surface area (Å²) >= 11 is 1.59. The number of aliphatic hydroxyl groups is 2. The molecular formula is C13H19N3O4S. The highest BCUT2D eigenvalue weighted by Crippen LogP contribution is 2.36. The van der Waals surface area contributed by atoms with Crippen LogP contribution in [0.1, 0.15) is 19.5 Å². The number of amides is 2. The molecular weight excluding hydrogens is 294 g/mol. The van der Waals surface area contributed by atoms with Crippen molar-refractivity contribution in [2.24, 2.45) is 0 Å². The van der Waals surface area contributed by atoms with Gasteiger partial charge in [0.1, 0.15) is 5.69 Å². The lowest BCUT2D eigenvalue weighted by molar-refractivity contribution is -0.0242. The Labute approximate surface area is 127 Å². The van der Waals surface area contributed by atoms with Crippen molar-refractivity contribution in [1.29, 1.82) is 0 Å². The zero-order valence-corrected chi connectivity index (χ0v) is 13.0. The van der Waals surface area contributed by atoms with E-state index in [9.17, 15) is 15.0 Å². The quantitative estimate of drug-likeness (QED) is 0.797. The molecule has 2 rings (SSSR count). The summed E-state index contributed by atoms with van der Waals surface area (Å²) in [6.07, 6.45) is 0.674. The highest BCUT2D eigenvalue weighted by atomic mass is 32.2. The van der Waals surface area contributed by atoms with Gasteiger partial charge in [0.15, 0.2) is 12.5 Å². The van der Waals surface area contributed by atoms with E-state index in [-0.39, 0.29) is 17.2 Å². The molecule has 2 N–H and O–H groups in total. The number of thioether (sulfide) groups is 1. The molecule has 1 aliphatic heterocycles. The predicted molar refractivity (Wildman–Crippen MR) is 79.8 cm³/mol. The molecule has 7 nitrogen and oxygen atoms in total. The lowest BCUT2D eigenvalue weighted by Crippen LogP contribution is -2.36. The summed E-state index contributed by atoms with van der Waals surface area (Å²) in [4.78, 5) is 14.3. The molecule has 0 bridgehead atoms. The van der Waals surface area contributed by atoms with Gasteiger partial charge in [-0.1, -0.05) is 11.2 Å². The fourth-order valence-corrected chi connectivity index (χ4v) is 2.28. The number of carbonyl (C=O) groups is 1. The Bertz CT molecular complexity index is 545. The number of aromatic nitrogens is 1. The fourth-order valence-electron chi connectivity index (χ4n) is 1.98. The number of hydrogen-bond donors (Lipinski definition) is 2. The molecule has 0 aromatic carbocycles. The topological polar surface area (TPSA) is 90.0 Å². The zero-order valence-electron chi connectivity index (χ0n) is 12.2. The second-order valence-electron chi connectivity index (χ2n) is 5.19. The second kappa shape index (κ2) is 5.70. The van der Waals surface area contributed by atoms with Crippen LogP contribution in [0.4, 0.5) is 10.7 Å². The van der Waals surface area contributed by atoms with E-state index in [4.69, 9.17) is 4.52 Å². The Morgan fingerprint density at radius 2 is 2.19 bits per heavy atom. The third-order valence-corrected chi connectivity index (χ3v) is 4.72. The van der Waals surface area contributed by atoms with Crippen LogP contribution in [0.5, 0.6) is 0 Å². The molecule has 2 heterocycles. The Kier molecular flexibility index (Phi) is 4.31. The summed E-state index contributed by atoms with van der Waals surface area (Å²) in [5, 5.41) is 23.9. The highest BCUT2D eigenvalue weighted by molar-refractivity contribution is 7.99. The van der Waals surface area contributed by atoms with Crippen molar-refractivity contribution in [2.75, 3.05) is 17.7 Å². The molecule has 1 aliphatic rings. The summed E-state index contributed by atoms with van der Waals surface area (Å²) in [5.74, 6) is 0.107. The molecule has 21 heavy (non-hydrogen) atoms. The second-order valence-corrected chi connectivity index (χ2v) is 6.61. The standard InChI is InChI=1S/C13H19N3O4S/c1-5-6-15-10(17)11(18)16(12(15)19)9-7-8(14-20-9)13(2,3)21-4/h5,7,10-11,17-18H,1,6H2,2-4H3. The van der Waals surface area contributed by atoms with Gasteiger partial charge in [-0.3, -0.25) is 4.90 Å². The maximum absolute atomic E-state index is 12.2. The molecule has 1 aromatic rings. The minimum Gasteiger partial charge on any atom is -0.369 e. The van der Waals surface area contributed by atoms with Gasteiger partial charge in [0.05, 0.1) is 4.75 Å². The largest absolute Gasteiger partial charge is 0.369 e. The average molecular weight is 313 g/mol. The van der Waals surface area contributed by atoms with Gasteiger partial charge in [0.2, 0.25) is 5.88 Å². The minimum absolute atomic E-state index is 0.107. The van der Waals surface area contributed by atoms with Gasteiger partial charge in [0, 0.05) is 12.6 Å². The molecule has 1 fully saturated rings. The molecule has 0 aliphatic carbocycles. The maximum atomic E-state index is 12.2. The van der Waals surface area contributed by atoms with Crippen LogP contribution in [-0.4, -0.2) is 51.6 Å². The number of anilines is 1. The number of carbonyl (C=O) groups excluding carboxylic acids is 1. The van der Waals surface area contributed by atoms with E-state index in [1.165, 1.54) is 6.08 Å². The smallest absolute Gasteiger partial charge is 0.331 e.